The van der Waals surface area contributed by atoms with Crippen molar-refractivity contribution in [1.82, 2.24) is 0 Å². The van der Waals surface area contributed by atoms with E-state index in [1.807, 2.05) is 0 Å². The monoisotopic (exact) mass is 269 g/mol. The molecule has 0 aromatic heterocycles. The molecule has 1 N–H and O–H groups in total. The van der Waals surface area contributed by atoms with Crippen LogP contribution in [0.25, 0.3) is 0 Å². The molecule has 1 aliphatic rings. The van der Waals surface area contributed by atoms with Gasteiger partial charge in [0.15, 0.2) is 0 Å². The molecular weight excluding hydrogens is 254 g/mol. The highest BCUT2D eigenvalue weighted by molar-refractivity contribution is 9.10. The molecule has 0 bridgehead atoms. The smallest absolute Gasteiger partial charge is 0.0489 e. The van der Waals surface area contributed by atoms with Crippen LogP contribution in [0.1, 0.15) is 18.4 Å². The van der Waals surface area contributed by atoms with Gasteiger partial charge in [0.25, 0.3) is 0 Å². The van der Waals surface area contributed by atoms with Gasteiger partial charge in [0, 0.05) is 29.4 Å². The number of ether oxygens (including phenoxy) is 1. The maximum absolute atomic E-state index is 5.34. The number of nitrogens with one attached hydrogen (secondary N) is 1. The second-order valence-corrected chi connectivity index (χ2v) is 4.87. The van der Waals surface area contributed by atoms with Crippen LogP contribution in [-0.4, -0.2) is 19.3 Å². The normalized spacial score (nSPS) is 17.7. The van der Waals surface area contributed by atoms with Gasteiger partial charge in [-0.05, 0) is 53.4 Å². The van der Waals surface area contributed by atoms with Crippen LogP contribution in [0, 0.1) is 6.92 Å². The average Bonchev–Trinajstić information content (AvgIpc) is 2.25. The van der Waals surface area contributed by atoms with Crippen LogP contribution in [0.5, 0.6) is 0 Å². The van der Waals surface area contributed by atoms with E-state index in [1.54, 1.807) is 0 Å². The number of hydrogen-bond donors (Lipinski definition) is 1. The van der Waals surface area contributed by atoms with Gasteiger partial charge in [0.05, 0.1) is 0 Å². The zero-order valence-electron chi connectivity index (χ0n) is 8.92. The van der Waals surface area contributed by atoms with Gasteiger partial charge in [-0.2, -0.15) is 0 Å². The van der Waals surface area contributed by atoms with Crippen LogP contribution >= 0.6 is 15.9 Å². The number of hydrogen-bond acceptors (Lipinski definition) is 2. The van der Waals surface area contributed by atoms with Crippen molar-refractivity contribution in [3.05, 3.63) is 28.2 Å². The molecule has 3 heteroatoms. The third-order valence-electron chi connectivity index (χ3n) is 2.70. The quantitative estimate of drug-likeness (QED) is 0.889. The SMILES string of the molecule is Cc1ccc(Br)c(NC2CCOCC2)c1. The minimum atomic E-state index is 0.553. The van der Waals surface area contributed by atoms with Gasteiger partial charge in [-0.25, -0.2) is 0 Å². The Bertz CT molecular complexity index is 334. The van der Waals surface area contributed by atoms with E-state index in [1.165, 1.54) is 11.3 Å². The first-order chi connectivity index (χ1) is 7.25. The van der Waals surface area contributed by atoms with Crippen molar-refractivity contribution < 1.29 is 4.74 Å². The number of anilines is 1. The fourth-order valence-corrected chi connectivity index (χ4v) is 2.17. The minimum absolute atomic E-state index is 0.553. The molecule has 1 saturated heterocycles. The summed E-state index contributed by atoms with van der Waals surface area (Å²) in [5.41, 5.74) is 2.48. The van der Waals surface area contributed by atoms with E-state index in [4.69, 9.17) is 4.74 Å². The van der Waals surface area contributed by atoms with E-state index in [2.05, 4.69) is 46.4 Å². The van der Waals surface area contributed by atoms with Crippen molar-refractivity contribution in [1.29, 1.82) is 0 Å². The molecule has 0 atom stereocenters. The fraction of sp³-hybridized carbons (Fsp3) is 0.500. The maximum Gasteiger partial charge on any atom is 0.0489 e. The van der Waals surface area contributed by atoms with Crippen molar-refractivity contribution in [2.24, 2.45) is 0 Å². The fourth-order valence-electron chi connectivity index (χ4n) is 1.81. The third-order valence-corrected chi connectivity index (χ3v) is 3.39. The van der Waals surface area contributed by atoms with Gasteiger partial charge < -0.3 is 10.1 Å². The molecule has 1 heterocycles. The molecule has 0 unspecified atom stereocenters. The minimum Gasteiger partial charge on any atom is -0.381 e. The van der Waals surface area contributed by atoms with Crippen LogP contribution in [0.4, 0.5) is 5.69 Å². The van der Waals surface area contributed by atoms with E-state index < -0.39 is 0 Å². The van der Waals surface area contributed by atoms with Gasteiger partial charge >= 0.3 is 0 Å². The summed E-state index contributed by atoms with van der Waals surface area (Å²) in [6.45, 7) is 3.86. The van der Waals surface area contributed by atoms with Crippen molar-refractivity contribution in [3.8, 4) is 0 Å². The van der Waals surface area contributed by atoms with Crippen LogP contribution in [0.3, 0.4) is 0 Å². The molecule has 0 amide bonds. The van der Waals surface area contributed by atoms with Crippen molar-refractivity contribution in [2.75, 3.05) is 18.5 Å². The molecule has 15 heavy (non-hydrogen) atoms. The van der Waals surface area contributed by atoms with E-state index in [9.17, 15) is 0 Å². The first-order valence-electron chi connectivity index (χ1n) is 5.36. The molecule has 0 saturated carbocycles. The van der Waals surface area contributed by atoms with E-state index in [0.717, 1.165) is 30.5 Å². The van der Waals surface area contributed by atoms with Crippen LogP contribution in [-0.2, 0) is 4.74 Å². The Balaban J connectivity index is 2.05. The lowest BCUT2D eigenvalue weighted by atomic mass is 10.1. The Kier molecular flexibility index (Phi) is 3.65. The second kappa shape index (κ2) is 4.99. The first kappa shape index (κ1) is 11.0. The molecule has 0 aliphatic carbocycles. The second-order valence-electron chi connectivity index (χ2n) is 4.01. The number of halogens is 1. The summed E-state index contributed by atoms with van der Waals surface area (Å²) in [4.78, 5) is 0. The standard InChI is InChI=1S/C12H16BrNO/c1-9-2-3-11(13)12(8-9)14-10-4-6-15-7-5-10/h2-3,8,10,14H,4-7H2,1H3. The lowest BCUT2D eigenvalue weighted by Crippen LogP contribution is -2.27. The summed E-state index contributed by atoms with van der Waals surface area (Å²) in [5.74, 6) is 0. The Morgan fingerprint density at radius 2 is 2.07 bits per heavy atom. The van der Waals surface area contributed by atoms with E-state index in [0.29, 0.717) is 6.04 Å². The predicted octanol–water partition coefficient (Wildman–Crippen LogP) is 3.35. The van der Waals surface area contributed by atoms with Gasteiger partial charge in [0.1, 0.15) is 0 Å². The van der Waals surface area contributed by atoms with Crippen LogP contribution in [0.15, 0.2) is 22.7 Å². The Morgan fingerprint density at radius 3 is 2.80 bits per heavy atom. The number of aryl methyl sites for hydroxylation is 1. The largest absolute Gasteiger partial charge is 0.381 e. The van der Waals surface area contributed by atoms with Gasteiger partial charge in [0.2, 0.25) is 0 Å². The molecule has 1 aromatic carbocycles. The average molecular weight is 270 g/mol. The summed E-state index contributed by atoms with van der Waals surface area (Å²) in [7, 11) is 0. The molecular formula is C12H16BrNO. The van der Waals surface area contributed by atoms with Crippen molar-refractivity contribution >= 4 is 21.6 Å². The highest BCUT2D eigenvalue weighted by Crippen LogP contribution is 2.25. The highest BCUT2D eigenvalue weighted by Gasteiger charge is 2.14. The summed E-state index contributed by atoms with van der Waals surface area (Å²) >= 11 is 3.56. The first-order valence-corrected chi connectivity index (χ1v) is 6.15. The Hall–Kier alpha value is -0.540. The third kappa shape index (κ3) is 2.95. The zero-order valence-corrected chi connectivity index (χ0v) is 10.5. The maximum atomic E-state index is 5.34. The van der Waals surface area contributed by atoms with Crippen LogP contribution in [0.2, 0.25) is 0 Å². The molecule has 1 aromatic rings. The van der Waals surface area contributed by atoms with Crippen molar-refractivity contribution in [3.63, 3.8) is 0 Å². The summed E-state index contributed by atoms with van der Waals surface area (Å²) in [5, 5.41) is 3.56. The highest BCUT2D eigenvalue weighted by atomic mass is 79.9. The molecule has 2 rings (SSSR count). The van der Waals surface area contributed by atoms with Gasteiger partial charge in [-0.1, -0.05) is 6.07 Å². The van der Waals surface area contributed by atoms with Gasteiger partial charge in [-0.3, -0.25) is 0 Å². The molecule has 0 radical (unpaired) electrons. The van der Waals surface area contributed by atoms with Gasteiger partial charge in [-0.15, -0.1) is 0 Å². The summed E-state index contributed by atoms with van der Waals surface area (Å²) in [6.07, 6.45) is 2.20. The van der Waals surface area contributed by atoms with Crippen LogP contribution < -0.4 is 5.32 Å². The lowest BCUT2D eigenvalue weighted by Gasteiger charge is -2.24. The molecule has 2 nitrogen and oxygen atoms in total. The Morgan fingerprint density at radius 1 is 1.33 bits per heavy atom. The number of rotatable bonds is 2. The van der Waals surface area contributed by atoms with E-state index >= 15 is 0 Å². The lowest BCUT2D eigenvalue weighted by molar-refractivity contribution is 0.0904. The molecule has 0 spiro atoms. The van der Waals surface area contributed by atoms with E-state index in [-0.39, 0.29) is 0 Å². The summed E-state index contributed by atoms with van der Waals surface area (Å²) < 4.78 is 6.48. The zero-order chi connectivity index (χ0) is 10.7. The predicted molar refractivity (Wildman–Crippen MR) is 66.3 cm³/mol. The van der Waals surface area contributed by atoms with Crippen molar-refractivity contribution in [2.45, 2.75) is 25.8 Å². The number of benzene rings is 1. The molecule has 1 aliphatic heterocycles. The topological polar surface area (TPSA) is 21.3 Å². The summed E-state index contributed by atoms with van der Waals surface area (Å²) in [6, 6.07) is 6.94. The Labute approximate surface area is 99.1 Å². The molecule has 1 fully saturated rings. The molecule has 82 valence electrons.